The standard InChI is InChI=1S/C26H20N6O3/c1-16-7-5-6-10-20(16)26-32-31-25(35-26)19-13-11-18(12-14-19)23(33)29-30-24(34)22-15-21(27-28-22)17-8-3-2-4-9-17/h2-15H,1H3,(H,27,28)(H,29,33)(H,30,34). The van der Waals surface area contributed by atoms with Crippen LogP contribution in [0.4, 0.5) is 0 Å². The van der Waals surface area contributed by atoms with E-state index in [4.69, 9.17) is 4.42 Å². The lowest BCUT2D eigenvalue weighted by Gasteiger charge is -2.06. The Morgan fingerprint density at radius 3 is 2.23 bits per heavy atom. The van der Waals surface area contributed by atoms with Crippen molar-refractivity contribution in [1.29, 1.82) is 0 Å². The molecule has 2 amide bonds. The van der Waals surface area contributed by atoms with Crippen molar-refractivity contribution in [2.45, 2.75) is 6.92 Å². The second-order valence-corrected chi connectivity index (χ2v) is 7.75. The highest BCUT2D eigenvalue weighted by molar-refractivity contribution is 5.98. The number of H-pyrrole nitrogens is 1. The first-order valence-corrected chi connectivity index (χ1v) is 10.8. The average molecular weight is 464 g/mol. The summed E-state index contributed by atoms with van der Waals surface area (Å²) in [5, 5.41) is 15.1. The van der Waals surface area contributed by atoms with Gasteiger partial charge in [-0.15, -0.1) is 10.2 Å². The van der Waals surface area contributed by atoms with Crippen molar-refractivity contribution in [2.24, 2.45) is 0 Å². The van der Waals surface area contributed by atoms with E-state index in [0.717, 1.165) is 16.7 Å². The summed E-state index contributed by atoms with van der Waals surface area (Å²) in [6, 6.07) is 25.4. The number of amides is 2. The molecular weight excluding hydrogens is 444 g/mol. The molecular formula is C26H20N6O3. The number of benzene rings is 3. The Hall–Kier alpha value is -5.05. The third-order valence-electron chi connectivity index (χ3n) is 5.38. The fourth-order valence-electron chi connectivity index (χ4n) is 3.47. The van der Waals surface area contributed by atoms with Gasteiger partial charge in [-0.3, -0.25) is 25.5 Å². The van der Waals surface area contributed by atoms with E-state index in [0.29, 0.717) is 28.6 Å². The summed E-state index contributed by atoms with van der Waals surface area (Å²) in [5.74, 6) is -0.216. The Balaban J connectivity index is 1.21. The minimum absolute atomic E-state index is 0.223. The van der Waals surface area contributed by atoms with Gasteiger partial charge in [0, 0.05) is 22.3 Å². The van der Waals surface area contributed by atoms with Crippen LogP contribution >= 0.6 is 0 Å². The summed E-state index contributed by atoms with van der Waals surface area (Å²) in [7, 11) is 0. The Labute approximate surface area is 200 Å². The molecule has 172 valence electrons. The number of aromatic nitrogens is 4. The van der Waals surface area contributed by atoms with Crippen LogP contribution in [-0.2, 0) is 0 Å². The van der Waals surface area contributed by atoms with Crippen molar-refractivity contribution in [3.63, 3.8) is 0 Å². The molecule has 2 heterocycles. The van der Waals surface area contributed by atoms with Gasteiger partial charge in [-0.2, -0.15) is 5.10 Å². The minimum atomic E-state index is -0.515. The van der Waals surface area contributed by atoms with Crippen LogP contribution in [0.25, 0.3) is 34.2 Å². The Morgan fingerprint density at radius 1 is 0.771 bits per heavy atom. The van der Waals surface area contributed by atoms with Gasteiger partial charge < -0.3 is 4.42 Å². The van der Waals surface area contributed by atoms with E-state index in [1.807, 2.05) is 61.5 Å². The first-order valence-electron chi connectivity index (χ1n) is 10.8. The summed E-state index contributed by atoms with van der Waals surface area (Å²) in [4.78, 5) is 24.9. The molecule has 0 saturated heterocycles. The quantitative estimate of drug-likeness (QED) is 0.335. The van der Waals surface area contributed by atoms with Crippen LogP contribution in [-0.4, -0.2) is 32.2 Å². The maximum Gasteiger partial charge on any atom is 0.287 e. The number of carbonyl (C=O) groups excluding carboxylic acids is 2. The second kappa shape index (κ2) is 9.44. The largest absolute Gasteiger partial charge is 0.416 e. The number of hydrazine groups is 1. The van der Waals surface area contributed by atoms with E-state index in [2.05, 4.69) is 31.2 Å². The van der Waals surface area contributed by atoms with E-state index in [1.165, 1.54) is 0 Å². The second-order valence-electron chi connectivity index (χ2n) is 7.75. The van der Waals surface area contributed by atoms with Crippen molar-refractivity contribution in [3.05, 3.63) is 102 Å². The summed E-state index contributed by atoms with van der Waals surface area (Å²) in [5.41, 5.74) is 9.43. The van der Waals surface area contributed by atoms with Gasteiger partial charge in [0.2, 0.25) is 11.8 Å². The van der Waals surface area contributed by atoms with Crippen LogP contribution in [0.5, 0.6) is 0 Å². The molecule has 9 heteroatoms. The van der Waals surface area contributed by atoms with E-state index >= 15 is 0 Å². The maximum atomic E-state index is 12.5. The van der Waals surface area contributed by atoms with Gasteiger partial charge in [0.05, 0.1) is 5.69 Å². The molecule has 35 heavy (non-hydrogen) atoms. The number of aryl methyl sites for hydroxylation is 1. The van der Waals surface area contributed by atoms with E-state index in [1.54, 1.807) is 30.3 Å². The fourth-order valence-corrected chi connectivity index (χ4v) is 3.47. The van der Waals surface area contributed by atoms with Crippen LogP contribution < -0.4 is 10.9 Å². The van der Waals surface area contributed by atoms with Crippen molar-refractivity contribution in [2.75, 3.05) is 0 Å². The number of hydrogen-bond donors (Lipinski definition) is 3. The van der Waals surface area contributed by atoms with Crippen LogP contribution in [0, 0.1) is 6.92 Å². The molecule has 2 aromatic heterocycles. The highest BCUT2D eigenvalue weighted by Crippen LogP contribution is 2.26. The zero-order valence-corrected chi connectivity index (χ0v) is 18.6. The van der Waals surface area contributed by atoms with E-state index in [9.17, 15) is 9.59 Å². The van der Waals surface area contributed by atoms with Crippen LogP contribution in [0.2, 0.25) is 0 Å². The number of rotatable bonds is 5. The van der Waals surface area contributed by atoms with Gasteiger partial charge in [-0.25, -0.2) is 0 Å². The first-order chi connectivity index (χ1) is 17.1. The minimum Gasteiger partial charge on any atom is -0.416 e. The molecule has 0 aliphatic rings. The zero-order valence-electron chi connectivity index (χ0n) is 18.6. The number of hydrogen-bond acceptors (Lipinski definition) is 6. The van der Waals surface area contributed by atoms with E-state index in [-0.39, 0.29) is 5.69 Å². The lowest BCUT2D eigenvalue weighted by molar-refractivity contribution is 0.0844. The molecule has 0 radical (unpaired) electrons. The van der Waals surface area contributed by atoms with Crippen LogP contribution in [0.1, 0.15) is 26.4 Å². The summed E-state index contributed by atoms with van der Waals surface area (Å²) in [6.07, 6.45) is 0. The number of nitrogens with zero attached hydrogens (tertiary/aromatic N) is 3. The molecule has 0 saturated carbocycles. The lowest BCUT2D eigenvalue weighted by Crippen LogP contribution is -2.41. The predicted octanol–water partition coefficient (Wildman–Crippen LogP) is 4.18. The van der Waals surface area contributed by atoms with Gasteiger partial charge in [0.15, 0.2) is 0 Å². The van der Waals surface area contributed by atoms with Gasteiger partial charge in [-0.05, 0) is 48.9 Å². The number of carbonyl (C=O) groups is 2. The highest BCUT2D eigenvalue weighted by atomic mass is 16.4. The van der Waals surface area contributed by atoms with E-state index < -0.39 is 11.8 Å². The lowest BCUT2D eigenvalue weighted by atomic mass is 10.1. The average Bonchev–Trinajstić information content (AvgIpc) is 3.59. The van der Waals surface area contributed by atoms with Gasteiger partial charge in [-0.1, -0.05) is 48.5 Å². The molecule has 3 aromatic carbocycles. The highest BCUT2D eigenvalue weighted by Gasteiger charge is 2.15. The van der Waals surface area contributed by atoms with Crippen molar-refractivity contribution < 1.29 is 14.0 Å². The molecule has 9 nitrogen and oxygen atoms in total. The van der Waals surface area contributed by atoms with Gasteiger partial charge in [0.25, 0.3) is 11.8 Å². The summed E-state index contributed by atoms with van der Waals surface area (Å²) >= 11 is 0. The zero-order chi connectivity index (χ0) is 24.2. The summed E-state index contributed by atoms with van der Waals surface area (Å²) in [6.45, 7) is 1.97. The van der Waals surface area contributed by atoms with Crippen molar-refractivity contribution in [3.8, 4) is 34.2 Å². The fraction of sp³-hybridized carbons (Fsp3) is 0.0385. The predicted molar refractivity (Wildman–Crippen MR) is 129 cm³/mol. The molecule has 0 aliphatic carbocycles. The maximum absolute atomic E-state index is 12.5. The topological polar surface area (TPSA) is 126 Å². The third kappa shape index (κ3) is 4.69. The summed E-state index contributed by atoms with van der Waals surface area (Å²) < 4.78 is 5.81. The number of aromatic amines is 1. The SMILES string of the molecule is Cc1ccccc1-c1nnc(-c2ccc(C(=O)NNC(=O)c3cc(-c4ccccc4)n[nH]3)cc2)o1. The normalized spacial score (nSPS) is 10.7. The Kier molecular flexibility index (Phi) is 5.87. The van der Waals surface area contributed by atoms with Crippen LogP contribution in [0.15, 0.2) is 89.3 Å². The number of nitrogens with one attached hydrogen (secondary N) is 3. The molecule has 0 aliphatic heterocycles. The third-order valence-corrected chi connectivity index (χ3v) is 5.38. The molecule has 3 N–H and O–H groups in total. The first kappa shape index (κ1) is 21.8. The van der Waals surface area contributed by atoms with Gasteiger partial charge >= 0.3 is 0 Å². The molecule has 0 fully saturated rings. The molecule has 0 bridgehead atoms. The van der Waals surface area contributed by atoms with Crippen molar-refractivity contribution >= 4 is 11.8 Å². The molecule has 5 aromatic rings. The van der Waals surface area contributed by atoms with Crippen molar-refractivity contribution in [1.82, 2.24) is 31.2 Å². The molecule has 0 spiro atoms. The monoisotopic (exact) mass is 464 g/mol. The van der Waals surface area contributed by atoms with Gasteiger partial charge in [0.1, 0.15) is 5.69 Å². The molecule has 0 unspecified atom stereocenters. The smallest absolute Gasteiger partial charge is 0.287 e. The Morgan fingerprint density at radius 2 is 1.46 bits per heavy atom. The Bertz CT molecular complexity index is 1490. The molecule has 5 rings (SSSR count). The molecule has 0 atom stereocenters. The van der Waals surface area contributed by atoms with Crippen LogP contribution in [0.3, 0.4) is 0 Å².